The molecule has 2 aliphatic carbocycles. The van der Waals surface area contributed by atoms with Gasteiger partial charge in [0, 0.05) is 5.57 Å². The fourth-order valence-electron chi connectivity index (χ4n) is 1.57. The van der Waals surface area contributed by atoms with Gasteiger partial charge in [-0.15, -0.1) is 0 Å². The van der Waals surface area contributed by atoms with E-state index in [0.717, 1.165) is 17.6 Å². The van der Waals surface area contributed by atoms with Crippen molar-refractivity contribution in [2.24, 2.45) is 0 Å². The van der Waals surface area contributed by atoms with Gasteiger partial charge in [-0.05, 0) is 18.1 Å². The zero-order valence-corrected chi connectivity index (χ0v) is 8.39. The largest absolute Gasteiger partial charge is 0.289 e. The molecule has 0 aromatic carbocycles. The van der Waals surface area contributed by atoms with Crippen molar-refractivity contribution < 1.29 is 4.79 Å². The van der Waals surface area contributed by atoms with Gasteiger partial charge >= 0.3 is 0 Å². The van der Waals surface area contributed by atoms with Gasteiger partial charge < -0.3 is 0 Å². The summed E-state index contributed by atoms with van der Waals surface area (Å²) in [5, 5.41) is 0. The van der Waals surface area contributed by atoms with E-state index in [-0.39, 0.29) is 5.78 Å². The van der Waals surface area contributed by atoms with Crippen LogP contribution in [0.25, 0.3) is 0 Å². The third-order valence-corrected chi connectivity index (χ3v) is 2.34. The number of rotatable bonds is 0. The van der Waals surface area contributed by atoms with Crippen molar-refractivity contribution in [1.29, 1.82) is 0 Å². The summed E-state index contributed by atoms with van der Waals surface area (Å²) in [4.78, 5) is 11.8. The van der Waals surface area contributed by atoms with E-state index >= 15 is 0 Å². The number of hydrogen-bond acceptors (Lipinski definition) is 1. The van der Waals surface area contributed by atoms with Crippen LogP contribution < -0.4 is 0 Å². The minimum atomic E-state index is 0.0746. The Morgan fingerprint density at radius 2 is 1.53 bits per heavy atom. The van der Waals surface area contributed by atoms with Crippen molar-refractivity contribution in [2.75, 3.05) is 0 Å². The lowest BCUT2D eigenvalue weighted by Gasteiger charge is -2.07. The molecule has 0 fully saturated rings. The summed E-state index contributed by atoms with van der Waals surface area (Å²) in [5.41, 5.74) is 1.86. The van der Waals surface area contributed by atoms with Gasteiger partial charge in [0.1, 0.15) is 0 Å². The van der Waals surface area contributed by atoms with Gasteiger partial charge in [0.05, 0.1) is 0 Å². The van der Waals surface area contributed by atoms with Crippen LogP contribution in [0.3, 0.4) is 0 Å². The van der Waals surface area contributed by atoms with Gasteiger partial charge in [-0.3, -0.25) is 4.79 Å². The van der Waals surface area contributed by atoms with E-state index in [2.05, 4.69) is 6.08 Å². The molecule has 2 aliphatic rings. The number of allylic oxidation sites excluding steroid dienone is 12. The van der Waals surface area contributed by atoms with Crippen LogP contribution in [0.4, 0.5) is 0 Å². The van der Waals surface area contributed by atoms with Crippen LogP contribution in [-0.2, 0) is 4.79 Å². The summed E-state index contributed by atoms with van der Waals surface area (Å²) in [7, 11) is 0. The van der Waals surface area contributed by atoms with Gasteiger partial charge in [0.25, 0.3) is 0 Å². The van der Waals surface area contributed by atoms with E-state index in [9.17, 15) is 4.79 Å². The molecule has 0 spiro atoms. The number of carbonyl (C=O) groups excluding carboxylic acids is 1. The molecule has 0 amide bonds. The fourth-order valence-corrected chi connectivity index (χ4v) is 1.57. The lowest BCUT2D eigenvalue weighted by atomic mass is 9.97. The van der Waals surface area contributed by atoms with Crippen LogP contribution in [0.5, 0.6) is 0 Å². The molecular formula is C14H12O. The first-order valence-electron chi connectivity index (χ1n) is 5.00. The van der Waals surface area contributed by atoms with Gasteiger partial charge in [-0.25, -0.2) is 0 Å². The Hall–Kier alpha value is -1.89. The molecule has 1 nitrogen and oxygen atoms in total. The minimum absolute atomic E-state index is 0.0746. The minimum Gasteiger partial charge on any atom is -0.289 e. The summed E-state index contributed by atoms with van der Waals surface area (Å²) < 4.78 is 0. The van der Waals surface area contributed by atoms with Crippen LogP contribution in [0.1, 0.15) is 6.42 Å². The van der Waals surface area contributed by atoms with Crippen LogP contribution in [0.15, 0.2) is 71.9 Å². The Labute approximate surface area is 89.5 Å². The standard InChI is InChI=1S/C14H12O/c15-14-11-7-3-5-9-12-8-4-1-2-6-10-13(12)14/h1-8,10-11H,9H2. The predicted octanol–water partition coefficient (Wildman–Crippen LogP) is 3.05. The maximum absolute atomic E-state index is 11.8. The maximum Gasteiger partial charge on any atom is 0.186 e. The molecule has 0 atom stereocenters. The molecule has 2 rings (SSSR count). The molecule has 0 heterocycles. The van der Waals surface area contributed by atoms with E-state index in [1.54, 1.807) is 12.2 Å². The first-order chi connectivity index (χ1) is 7.38. The fraction of sp³-hybridized carbons (Fsp3) is 0.0714. The van der Waals surface area contributed by atoms with Gasteiger partial charge in [0.15, 0.2) is 5.78 Å². The molecule has 0 radical (unpaired) electrons. The Balaban J connectivity index is 2.48. The second kappa shape index (κ2) is 4.56. The molecule has 0 bridgehead atoms. The molecule has 0 aliphatic heterocycles. The van der Waals surface area contributed by atoms with Crippen molar-refractivity contribution >= 4 is 5.78 Å². The van der Waals surface area contributed by atoms with Crippen LogP contribution in [0.2, 0.25) is 0 Å². The Kier molecular flexibility index (Phi) is 2.93. The van der Waals surface area contributed by atoms with Crippen LogP contribution in [0, 0.1) is 0 Å². The SMILES string of the molecule is O=C1C=CC=CCC2=C1C=CC=CC=C2. The normalized spacial score (nSPS) is 19.6. The third kappa shape index (κ3) is 2.32. The van der Waals surface area contributed by atoms with Crippen LogP contribution >= 0.6 is 0 Å². The van der Waals surface area contributed by atoms with E-state index in [0.29, 0.717) is 0 Å². The smallest absolute Gasteiger partial charge is 0.186 e. The molecule has 0 aromatic heterocycles. The summed E-state index contributed by atoms with van der Waals surface area (Å²) in [6.45, 7) is 0. The molecular weight excluding hydrogens is 184 g/mol. The molecule has 0 saturated carbocycles. The van der Waals surface area contributed by atoms with Crippen LogP contribution in [-0.4, -0.2) is 5.78 Å². The van der Waals surface area contributed by atoms with E-state index < -0.39 is 0 Å². The molecule has 0 N–H and O–H groups in total. The highest BCUT2D eigenvalue weighted by atomic mass is 16.1. The van der Waals surface area contributed by atoms with Gasteiger partial charge in [0.2, 0.25) is 0 Å². The van der Waals surface area contributed by atoms with E-state index in [1.165, 1.54) is 0 Å². The predicted molar refractivity (Wildman–Crippen MR) is 62.4 cm³/mol. The molecule has 74 valence electrons. The lowest BCUT2D eigenvalue weighted by molar-refractivity contribution is -0.111. The molecule has 0 aromatic rings. The van der Waals surface area contributed by atoms with Crippen molar-refractivity contribution in [3.05, 3.63) is 71.9 Å². The third-order valence-electron chi connectivity index (χ3n) is 2.34. The summed E-state index contributed by atoms with van der Waals surface area (Å²) >= 11 is 0. The zero-order chi connectivity index (χ0) is 10.5. The van der Waals surface area contributed by atoms with Gasteiger partial charge in [-0.1, -0.05) is 54.7 Å². The first-order valence-corrected chi connectivity index (χ1v) is 5.00. The van der Waals surface area contributed by atoms with Crippen molar-refractivity contribution in [3.8, 4) is 0 Å². The molecule has 0 unspecified atom stereocenters. The van der Waals surface area contributed by atoms with Crippen molar-refractivity contribution in [2.45, 2.75) is 6.42 Å². The second-order valence-electron chi connectivity index (χ2n) is 3.40. The Morgan fingerprint density at radius 3 is 2.40 bits per heavy atom. The van der Waals surface area contributed by atoms with Gasteiger partial charge in [-0.2, -0.15) is 0 Å². The van der Waals surface area contributed by atoms with Crippen molar-refractivity contribution in [1.82, 2.24) is 0 Å². The highest BCUT2D eigenvalue weighted by molar-refractivity contribution is 6.07. The highest BCUT2D eigenvalue weighted by Crippen LogP contribution is 2.18. The topological polar surface area (TPSA) is 17.1 Å². The second-order valence-corrected chi connectivity index (χ2v) is 3.40. The molecule has 0 saturated heterocycles. The maximum atomic E-state index is 11.8. The monoisotopic (exact) mass is 196 g/mol. The summed E-state index contributed by atoms with van der Waals surface area (Å²) in [5.74, 6) is 0.0746. The Morgan fingerprint density at radius 1 is 0.800 bits per heavy atom. The quantitative estimate of drug-likeness (QED) is 0.582. The zero-order valence-electron chi connectivity index (χ0n) is 8.39. The van der Waals surface area contributed by atoms with Crippen molar-refractivity contribution in [3.63, 3.8) is 0 Å². The highest BCUT2D eigenvalue weighted by Gasteiger charge is 2.08. The molecule has 15 heavy (non-hydrogen) atoms. The number of carbonyl (C=O) groups is 1. The Bertz CT molecular complexity index is 440. The summed E-state index contributed by atoms with van der Waals surface area (Å²) in [6.07, 6.45) is 19.8. The average molecular weight is 196 g/mol. The van der Waals surface area contributed by atoms with E-state index in [4.69, 9.17) is 0 Å². The van der Waals surface area contributed by atoms with E-state index in [1.807, 2.05) is 42.5 Å². The molecule has 1 heteroatoms. The lowest BCUT2D eigenvalue weighted by Crippen LogP contribution is -2.01. The average Bonchev–Trinajstić information content (AvgIpc) is 2.18. The number of ketones is 1. The summed E-state index contributed by atoms with van der Waals surface area (Å²) in [6, 6.07) is 0. The number of hydrogen-bond donors (Lipinski definition) is 0. The first kappa shape index (κ1) is 9.66.